The molecule has 3 rings (SSSR count). The largest absolute Gasteiger partial charge is 0.281 e. The quantitative estimate of drug-likeness (QED) is 0.693. The van der Waals surface area contributed by atoms with Crippen molar-refractivity contribution in [3.05, 3.63) is 75.8 Å². The van der Waals surface area contributed by atoms with Crippen LogP contribution in [0.4, 0.5) is 0 Å². The maximum atomic E-state index is 12.4. The van der Waals surface area contributed by atoms with Gasteiger partial charge in [-0.1, -0.05) is 48.0 Å². The minimum Gasteiger partial charge on any atom is -0.267 e. The molecule has 26 heavy (non-hydrogen) atoms. The molecule has 0 saturated carbocycles. The summed E-state index contributed by atoms with van der Waals surface area (Å²) in [6.07, 6.45) is 0. The van der Waals surface area contributed by atoms with Gasteiger partial charge in [0, 0.05) is 11.1 Å². The Morgan fingerprint density at radius 3 is 2.35 bits per heavy atom. The van der Waals surface area contributed by atoms with Gasteiger partial charge in [-0.3, -0.25) is 20.4 Å². The minimum absolute atomic E-state index is 0.343. The van der Waals surface area contributed by atoms with E-state index in [1.807, 2.05) is 56.3 Å². The third kappa shape index (κ3) is 3.81. The highest BCUT2D eigenvalue weighted by molar-refractivity contribution is 7.17. The third-order valence-electron chi connectivity index (χ3n) is 3.95. The summed E-state index contributed by atoms with van der Waals surface area (Å²) < 4.78 is 0. The van der Waals surface area contributed by atoms with Crippen LogP contribution in [-0.4, -0.2) is 16.8 Å². The first-order valence-corrected chi connectivity index (χ1v) is 8.98. The first kappa shape index (κ1) is 17.8. The average molecular weight is 365 g/mol. The van der Waals surface area contributed by atoms with Crippen molar-refractivity contribution >= 4 is 23.2 Å². The highest BCUT2D eigenvalue weighted by atomic mass is 32.1. The van der Waals surface area contributed by atoms with Gasteiger partial charge in [0.05, 0.1) is 5.69 Å². The van der Waals surface area contributed by atoms with Crippen LogP contribution in [0.2, 0.25) is 0 Å². The molecule has 0 unspecified atom stereocenters. The van der Waals surface area contributed by atoms with Gasteiger partial charge < -0.3 is 0 Å². The van der Waals surface area contributed by atoms with E-state index in [0.717, 1.165) is 21.7 Å². The van der Waals surface area contributed by atoms with E-state index >= 15 is 0 Å². The summed E-state index contributed by atoms with van der Waals surface area (Å²) in [4.78, 5) is 29.7. The molecule has 1 aromatic heterocycles. The number of aryl methyl sites for hydroxylation is 3. The molecule has 0 aliphatic heterocycles. The van der Waals surface area contributed by atoms with Crippen LogP contribution in [0.5, 0.6) is 0 Å². The van der Waals surface area contributed by atoms with Gasteiger partial charge in [0.25, 0.3) is 11.8 Å². The van der Waals surface area contributed by atoms with Crippen molar-refractivity contribution in [1.29, 1.82) is 0 Å². The molecule has 0 radical (unpaired) electrons. The lowest BCUT2D eigenvalue weighted by molar-refractivity contribution is 0.0848. The smallest absolute Gasteiger partial charge is 0.267 e. The number of carbonyl (C=O) groups excluding carboxylic acids is 2. The number of hydrazine groups is 1. The summed E-state index contributed by atoms with van der Waals surface area (Å²) in [5, 5.41) is 0.772. The fraction of sp³-hybridized carbons (Fsp3) is 0.150. The zero-order valence-corrected chi connectivity index (χ0v) is 15.6. The molecule has 3 aromatic rings. The normalized spacial score (nSPS) is 10.4. The monoisotopic (exact) mass is 365 g/mol. The summed E-state index contributed by atoms with van der Waals surface area (Å²) in [7, 11) is 0. The van der Waals surface area contributed by atoms with E-state index in [0.29, 0.717) is 16.1 Å². The number of benzene rings is 2. The Labute approximate surface area is 156 Å². The van der Waals surface area contributed by atoms with E-state index in [1.165, 1.54) is 11.3 Å². The number of nitrogens with zero attached hydrogens (tertiary/aromatic N) is 1. The van der Waals surface area contributed by atoms with Crippen LogP contribution < -0.4 is 10.9 Å². The summed E-state index contributed by atoms with van der Waals surface area (Å²) >= 11 is 1.30. The first-order chi connectivity index (χ1) is 12.5. The van der Waals surface area contributed by atoms with Crippen LogP contribution in [0.25, 0.3) is 10.6 Å². The SMILES string of the molecule is Cc1ccc(C)c(C(=O)NNC(=O)c2sc(-c3ccccc3)nc2C)c1. The fourth-order valence-electron chi connectivity index (χ4n) is 2.53. The molecule has 0 bridgehead atoms. The lowest BCUT2D eigenvalue weighted by Gasteiger charge is -2.09. The molecule has 0 saturated heterocycles. The fourth-order valence-corrected chi connectivity index (χ4v) is 3.50. The first-order valence-electron chi connectivity index (χ1n) is 8.16. The second-order valence-electron chi connectivity index (χ2n) is 6.03. The van der Waals surface area contributed by atoms with Gasteiger partial charge in [-0.15, -0.1) is 11.3 Å². The van der Waals surface area contributed by atoms with Crippen molar-refractivity contribution in [1.82, 2.24) is 15.8 Å². The molecule has 1 heterocycles. The number of hydrogen-bond donors (Lipinski definition) is 2. The Morgan fingerprint density at radius 1 is 0.923 bits per heavy atom. The van der Waals surface area contributed by atoms with E-state index in [1.54, 1.807) is 13.0 Å². The molecule has 0 aliphatic rings. The van der Waals surface area contributed by atoms with Crippen LogP contribution >= 0.6 is 11.3 Å². The van der Waals surface area contributed by atoms with E-state index in [4.69, 9.17) is 0 Å². The second-order valence-corrected chi connectivity index (χ2v) is 7.03. The standard InChI is InChI=1S/C20H19N3O2S/c1-12-9-10-13(2)16(11-12)18(24)22-23-19(25)17-14(3)21-20(26-17)15-7-5-4-6-8-15/h4-11H,1-3H3,(H,22,24)(H,23,25). The number of amides is 2. The molecular weight excluding hydrogens is 346 g/mol. The van der Waals surface area contributed by atoms with Crippen molar-refractivity contribution in [3.8, 4) is 10.6 Å². The predicted octanol–water partition coefficient (Wildman–Crippen LogP) is 3.81. The van der Waals surface area contributed by atoms with Crippen LogP contribution in [-0.2, 0) is 0 Å². The molecule has 0 spiro atoms. The van der Waals surface area contributed by atoms with E-state index in [-0.39, 0.29) is 11.8 Å². The van der Waals surface area contributed by atoms with Gasteiger partial charge in [0.1, 0.15) is 9.88 Å². The Kier molecular flexibility index (Phi) is 5.14. The summed E-state index contributed by atoms with van der Waals surface area (Å²) in [6, 6.07) is 15.3. The van der Waals surface area contributed by atoms with Crippen molar-refractivity contribution in [2.75, 3.05) is 0 Å². The van der Waals surface area contributed by atoms with E-state index in [9.17, 15) is 9.59 Å². The van der Waals surface area contributed by atoms with Crippen LogP contribution in [0, 0.1) is 20.8 Å². The van der Waals surface area contributed by atoms with Gasteiger partial charge in [-0.2, -0.15) is 0 Å². The number of hydrogen-bond acceptors (Lipinski definition) is 4. The second kappa shape index (κ2) is 7.49. The summed E-state index contributed by atoms with van der Waals surface area (Å²) in [6.45, 7) is 5.56. The van der Waals surface area contributed by atoms with Gasteiger partial charge in [-0.25, -0.2) is 4.98 Å². The Bertz CT molecular complexity index is 964. The molecule has 2 aromatic carbocycles. The molecule has 0 fully saturated rings. The lowest BCUT2D eigenvalue weighted by atomic mass is 10.1. The van der Waals surface area contributed by atoms with Gasteiger partial charge in [0.2, 0.25) is 0 Å². The van der Waals surface area contributed by atoms with E-state index in [2.05, 4.69) is 15.8 Å². The van der Waals surface area contributed by atoms with Crippen LogP contribution in [0.1, 0.15) is 36.9 Å². The van der Waals surface area contributed by atoms with Crippen molar-refractivity contribution in [2.24, 2.45) is 0 Å². The molecule has 132 valence electrons. The van der Waals surface area contributed by atoms with Gasteiger partial charge in [-0.05, 0) is 32.4 Å². The predicted molar refractivity (Wildman–Crippen MR) is 103 cm³/mol. The van der Waals surface area contributed by atoms with E-state index < -0.39 is 0 Å². The van der Waals surface area contributed by atoms with Gasteiger partial charge in [0.15, 0.2) is 0 Å². The molecule has 6 heteroatoms. The van der Waals surface area contributed by atoms with Crippen molar-refractivity contribution < 1.29 is 9.59 Å². The average Bonchev–Trinajstić information content (AvgIpc) is 3.04. The maximum Gasteiger partial charge on any atom is 0.281 e. The molecular formula is C20H19N3O2S. The molecule has 5 nitrogen and oxygen atoms in total. The maximum absolute atomic E-state index is 12.4. The molecule has 0 atom stereocenters. The summed E-state index contributed by atoms with van der Waals surface area (Å²) in [5.74, 6) is -0.717. The molecule has 2 N–H and O–H groups in total. The van der Waals surface area contributed by atoms with Crippen molar-refractivity contribution in [3.63, 3.8) is 0 Å². The zero-order valence-electron chi connectivity index (χ0n) is 14.8. The number of rotatable bonds is 3. The van der Waals surface area contributed by atoms with Gasteiger partial charge >= 0.3 is 0 Å². The third-order valence-corrected chi connectivity index (χ3v) is 5.16. The highest BCUT2D eigenvalue weighted by Crippen LogP contribution is 2.27. The van der Waals surface area contributed by atoms with Crippen molar-refractivity contribution in [2.45, 2.75) is 20.8 Å². The number of aromatic nitrogens is 1. The zero-order chi connectivity index (χ0) is 18.7. The van der Waals surface area contributed by atoms with Crippen LogP contribution in [0.15, 0.2) is 48.5 Å². The number of thiazole rings is 1. The topological polar surface area (TPSA) is 71.1 Å². The number of nitrogens with one attached hydrogen (secondary N) is 2. The number of carbonyl (C=O) groups is 2. The lowest BCUT2D eigenvalue weighted by Crippen LogP contribution is -2.41. The Morgan fingerprint density at radius 2 is 1.62 bits per heavy atom. The summed E-state index contributed by atoms with van der Waals surface area (Å²) in [5.41, 5.74) is 8.92. The van der Waals surface area contributed by atoms with Crippen LogP contribution in [0.3, 0.4) is 0 Å². The highest BCUT2D eigenvalue weighted by Gasteiger charge is 2.17. The molecule has 0 aliphatic carbocycles. The Hall–Kier alpha value is -2.99. The minimum atomic E-state index is -0.374. The Balaban J connectivity index is 1.72. The molecule has 2 amide bonds.